The summed E-state index contributed by atoms with van der Waals surface area (Å²) < 4.78 is 53.9. The Morgan fingerprint density at radius 3 is 2.32 bits per heavy atom. The lowest BCUT2D eigenvalue weighted by atomic mass is 9.80. The highest BCUT2D eigenvalue weighted by atomic mass is 19.3. The normalized spacial score (nSPS) is 20.9. The van der Waals surface area contributed by atoms with Crippen molar-refractivity contribution in [1.29, 1.82) is 0 Å². The van der Waals surface area contributed by atoms with Crippen molar-refractivity contribution in [3.63, 3.8) is 0 Å². The SMILES string of the molecule is CCCC[C@H]1CC[C@H](C#Cc2ccc(OC(F)(F)C(F)F)cc2)CC1. The molecular formula is C20H24F4O. The second-order valence-corrected chi connectivity index (χ2v) is 6.62. The Labute approximate surface area is 146 Å². The van der Waals surface area contributed by atoms with Gasteiger partial charge in [0.1, 0.15) is 5.75 Å². The van der Waals surface area contributed by atoms with Crippen molar-refractivity contribution >= 4 is 0 Å². The van der Waals surface area contributed by atoms with Crippen LogP contribution in [0.3, 0.4) is 0 Å². The Kier molecular flexibility index (Phi) is 7.16. The predicted molar refractivity (Wildman–Crippen MR) is 89.9 cm³/mol. The molecule has 0 heterocycles. The summed E-state index contributed by atoms with van der Waals surface area (Å²) in [6, 6.07) is 5.50. The van der Waals surface area contributed by atoms with Gasteiger partial charge in [-0.15, -0.1) is 0 Å². The minimum Gasteiger partial charge on any atom is -0.428 e. The minimum atomic E-state index is -4.48. The van der Waals surface area contributed by atoms with E-state index in [1.54, 1.807) is 0 Å². The summed E-state index contributed by atoms with van der Waals surface area (Å²) in [6.07, 6.45) is 0.128. The molecule has 1 aromatic rings. The Morgan fingerprint density at radius 2 is 1.76 bits per heavy atom. The van der Waals surface area contributed by atoms with E-state index in [0.29, 0.717) is 11.5 Å². The van der Waals surface area contributed by atoms with E-state index in [9.17, 15) is 17.6 Å². The molecule has 0 unspecified atom stereocenters. The van der Waals surface area contributed by atoms with Crippen molar-refractivity contribution < 1.29 is 22.3 Å². The first kappa shape index (κ1) is 19.6. The molecule has 1 nitrogen and oxygen atoms in total. The van der Waals surface area contributed by atoms with Gasteiger partial charge in [-0.1, -0.05) is 38.0 Å². The third-order valence-corrected chi connectivity index (χ3v) is 4.60. The van der Waals surface area contributed by atoms with Crippen molar-refractivity contribution in [2.45, 2.75) is 64.4 Å². The maximum atomic E-state index is 12.8. The van der Waals surface area contributed by atoms with Gasteiger partial charge in [-0.05, 0) is 55.9 Å². The van der Waals surface area contributed by atoms with E-state index in [-0.39, 0.29) is 5.75 Å². The van der Waals surface area contributed by atoms with Crippen molar-refractivity contribution in [3.05, 3.63) is 29.8 Å². The molecule has 0 amide bonds. The van der Waals surface area contributed by atoms with E-state index in [1.165, 1.54) is 56.4 Å². The van der Waals surface area contributed by atoms with E-state index >= 15 is 0 Å². The summed E-state index contributed by atoms with van der Waals surface area (Å²) in [6.45, 7) is 2.21. The van der Waals surface area contributed by atoms with Gasteiger partial charge < -0.3 is 4.74 Å². The lowest BCUT2D eigenvalue weighted by molar-refractivity contribution is -0.253. The molecule has 1 aliphatic rings. The Hall–Kier alpha value is -1.70. The van der Waals surface area contributed by atoms with Crippen LogP contribution >= 0.6 is 0 Å². The van der Waals surface area contributed by atoms with Crippen LogP contribution in [-0.4, -0.2) is 12.5 Å². The summed E-state index contributed by atoms with van der Waals surface area (Å²) in [5, 5.41) is 0. The molecule has 5 heteroatoms. The number of hydrogen-bond donors (Lipinski definition) is 0. The van der Waals surface area contributed by atoms with Crippen molar-refractivity contribution in [2.24, 2.45) is 11.8 Å². The van der Waals surface area contributed by atoms with Gasteiger partial charge in [0.15, 0.2) is 0 Å². The lowest BCUT2D eigenvalue weighted by Crippen LogP contribution is -2.33. The average molecular weight is 356 g/mol. The van der Waals surface area contributed by atoms with Crippen LogP contribution in [0.1, 0.15) is 57.4 Å². The topological polar surface area (TPSA) is 9.23 Å². The highest BCUT2D eigenvalue weighted by molar-refractivity contribution is 5.38. The lowest BCUT2D eigenvalue weighted by Gasteiger charge is -2.25. The highest BCUT2D eigenvalue weighted by Crippen LogP contribution is 2.31. The van der Waals surface area contributed by atoms with Gasteiger partial charge in [-0.2, -0.15) is 17.6 Å². The van der Waals surface area contributed by atoms with Crippen LogP contribution in [0.2, 0.25) is 0 Å². The minimum absolute atomic E-state index is 0.299. The van der Waals surface area contributed by atoms with Gasteiger partial charge in [0, 0.05) is 11.5 Å². The fraction of sp³-hybridized carbons (Fsp3) is 0.600. The number of ether oxygens (including phenoxy) is 1. The smallest absolute Gasteiger partial charge is 0.428 e. The number of hydrogen-bond acceptors (Lipinski definition) is 1. The summed E-state index contributed by atoms with van der Waals surface area (Å²) in [5.41, 5.74) is 0.667. The van der Waals surface area contributed by atoms with Crippen LogP contribution in [0.4, 0.5) is 17.6 Å². The first-order chi connectivity index (χ1) is 11.9. The average Bonchev–Trinajstić information content (AvgIpc) is 2.60. The maximum absolute atomic E-state index is 12.8. The highest BCUT2D eigenvalue weighted by Gasteiger charge is 2.43. The van der Waals surface area contributed by atoms with Gasteiger partial charge in [-0.25, -0.2) is 0 Å². The Bertz CT molecular complexity index is 578. The van der Waals surface area contributed by atoms with E-state index < -0.39 is 12.5 Å². The number of halogens is 4. The van der Waals surface area contributed by atoms with Crippen molar-refractivity contribution in [3.8, 4) is 17.6 Å². The van der Waals surface area contributed by atoms with E-state index in [1.807, 2.05) is 0 Å². The van der Waals surface area contributed by atoms with Gasteiger partial charge in [0.25, 0.3) is 0 Å². The molecule has 0 radical (unpaired) electrons. The molecule has 0 aromatic heterocycles. The molecule has 0 bridgehead atoms. The molecule has 138 valence electrons. The summed E-state index contributed by atoms with van der Waals surface area (Å²) in [4.78, 5) is 0. The Morgan fingerprint density at radius 1 is 1.12 bits per heavy atom. The zero-order valence-electron chi connectivity index (χ0n) is 14.4. The monoisotopic (exact) mass is 356 g/mol. The Balaban J connectivity index is 1.85. The third-order valence-electron chi connectivity index (χ3n) is 4.60. The molecule has 1 fully saturated rings. The molecule has 1 aromatic carbocycles. The van der Waals surface area contributed by atoms with E-state index in [0.717, 1.165) is 18.8 Å². The number of benzene rings is 1. The van der Waals surface area contributed by atoms with Crippen LogP contribution in [0.5, 0.6) is 5.75 Å². The molecule has 0 aliphatic heterocycles. The molecule has 2 rings (SSSR count). The van der Waals surface area contributed by atoms with E-state index in [2.05, 4.69) is 23.5 Å². The molecular weight excluding hydrogens is 332 g/mol. The molecule has 25 heavy (non-hydrogen) atoms. The fourth-order valence-electron chi connectivity index (χ4n) is 3.08. The first-order valence-corrected chi connectivity index (χ1v) is 8.87. The molecule has 0 atom stereocenters. The van der Waals surface area contributed by atoms with Crippen LogP contribution in [0, 0.1) is 23.7 Å². The second-order valence-electron chi connectivity index (χ2n) is 6.62. The van der Waals surface area contributed by atoms with Crippen LogP contribution < -0.4 is 4.74 Å². The van der Waals surface area contributed by atoms with Gasteiger partial charge >= 0.3 is 12.5 Å². The fourth-order valence-corrected chi connectivity index (χ4v) is 3.08. The van der Waals surface area contributed by atoms with Gasteiger partial charge in [0.2, 0.25) is 0 Å². The summed E-state index contributed by atoms with van der Waals surface area (Å²) >= 11 is 0. The molecule has 0 spiro atoms. The number of unbranched alkanes of at least 4 members (excludes halogenated alkanes) is 1. The zero-order chi connectivity index (χ0) is 18.3. The largest absolute Gasteiger partial charge is 0.461 e. The second kappa shape index (κ2) is 9.12. The molecule has 1 aliphatic carbocycles. The molecule has 0 N–H and O–H groups in total. The van der Waals surface area contributed by atoms with E-state index in [4.69, 9.17) is 0 Å². The van der Waals surface area contributed by atoms with Crippen molar-refractivity contribution in [1.82, 2.24) is 0 Å². The molecule has 1 saturated carbocycles. The summed E-state index contributed by atoms with van der Waals surface area (Å²) in [7, 11) is 0. The molecule has 0 saturated heterocycles. The van der Waals surface area contributed by atoms with Gasteiger partial charge in [-0.3, -0.25) is 0 Å². The summed E-state index contributed by atoms with van der Waals surface area (Å²) in [5.74, 6) is 7.18. The number of rotatable bonds is 6. The van der Waals surface area contributed by atoms with Crippen LogP contribution in [-0.2, 0) is 0 Å². The quantitative estimate of drug-likeness (QED) is 0.431. The van der Waals surface area contributed by atoms with Crippen molar-refractivity contribution in [2.75, 3.05) is 0 Å². The van der Waals surface area contributed by atoms with Crippen LogP contribution in [0.25, 0.3) is 0 Å². The van der Waals surface area contributed by atoms with Crippen LogP contribution in [0.15, 0.2) is 24.3 Å². The van der Waals surface area contributed by atoms with Gasteiger partial charge in [0.05, 0.1) is 0 Å². The first-order valence-electron chi connectivity index (χ1n) is 8.87. The third kappa shape index (κ3) is 6.26. The number of alkyl halides is 4. The zero-order valence-corrected chi connectivity index (χ0v) is 14.4. The standard InChI is InChI=1S/C20H24F4O/c1-2-3-4-15-5-7-16(8-6-15)9-10-17-11-13-18(14-12-17)25-20(23,24)19(21)22/h11-16,19H,2-8H2,1H3/t15-,16-. The predicted octanol–water partition coefficient (Wildman–Crippen LogP) is 6.27. The maximum Gasteiger partial charge on any atom is 0.461 e.